The van der Waals surface area contributed by atoms with Gasteiger partial charge < -0.3 is 15.5 Å². The summed E-state index contributed by atoms with van der Waals surface area (Å²) in [4.78, 5) is 9.00. The number of guanidine groups is 1. The van der Waals surface area contributed by atoms with Crippen LogP contribution >= 0.6 is 11.8 Å². The fourth-order valence-electron chi connectivity index (χ4n) is 2.31. The van der Waals surface area contributed by atoms with Crippen molar-refractivity contribution in [2.45, 2.75) is 6.04 Å². The van der Waals surface area contributed by atoms with Crippen LogP contribution < -0.4 is 5.73 Å². The third-order valence-electron chi connectivity index (χ3n) is 3.57. The van der Waals surface area contributed by atoms with Crippen LogP contribution in [0.25, 0.3) is 0 Å². The average Bonchev–Trinajstić information content (AvgIpc) is 2.49. The van der Waals surface area contributed by atoms with Gasteiger partial charge in [-0.25, -0.2) is 0 Å². The Bertz CT molecular complexity index is 427. The molecule has 1 heterocycles. The highest BCUT2D eigenvalue weighted by molar-refractivity contribution is 7.99. The largest absolute Gasteiger partial charge is 0.370 e. The lowest BCUT2D eigenvalue weighted by atomic mass is 10.1. The Morgan fingerprint density at radius 1 is 1.30 bits per heavy atom. The van der Waals surface area contributed by atoms with Gasteiger partial charge >= 0.3 is 0 Å². The summed E-state index contributed by atoms with van der Waals surface area (Å²) in [5.41, 5.74) is 7.40. The topological polar surface area (TPSA) is 44.9 Å². The summed E-state index contributed by atoms with van der Waals surface area (Å²) in [7, 11) is 4.17. The van der Waals surface area contributed by atoms with Crippen molar-refractivity contribution in [1.29, 1.82) is 0 Å². The van der Waals surface area contributed by atoms with Crippen LogP contribution in [0.15, 0.2) is 35.3 Å². The minimum atomic E-state index is 0.272. The second-order valence-corrected chi connectivity index (χ2v) is 6.41. The Labute approximate surface area is 126 Å². The van der Waals surface area contributed by atoms with E-state index in [4.69, 9.17) is 5.73 Å². The quantitative estimate of drug-likeness (QED) is 0.677. The molecule has 0 radical (unpaired) electrons. The summed E-state index contributed by atoms with van der Waals surface area (Å²) < 4.78 is 0. The first-order valence-electron chi connectivity index (χ1n) is 7.02. The highest BCUT2D eigenvalue weighted by Crippen LogP contribution is 2.18. The maximum atomic E-state index is 6.12. The first kappa shape index (κ1) is 15.2. The standard InChI is InChI=1S/C15H24N4S/c1-18(2)14(13-6-4-3-5-7-13)12-17-15(16)19-8-10-20-11-9-19/h3-7,14H,8-12H2,1-2H3,(H2,16,17). The van der Waals surface area contributed by atoms with Gasteiger partial charge in [-0.3, -0.25) is 4.99 Å². The van der Waals surface area contributed by atoms with Gasteiger partial charge in [0.2, 0.25) is 0 Å². The molecule has 0 amide bonds. The third-order valence-corrected chi connectivity index (χ3v) is 4.51. The van der Waals surface area contributed by atoms with Gasteiger partial charge in [-0.15, -0.1) is 0 Å². The summed E-state index contributed by atoms with van der Waals surface area (Å²) in [6.07, 6.45) is 0. The van der Waals surface area contributed by atoms with Gasteiger partial charge in [-0.1, -0.05) is 30.3 Å². The van der Waals surface area contributed by atoms with E-state index >= 15 is 0 Å². The molecular formula is C15H24N4S. The van der Waals surface area contributed by atoms with Crippen molar-refractivity contribution in [3.8, 4) is 0 Å². The van der Waals surface area contributed by atoms with E-state index in [0.29, 0.717) is 12.5 Å². The number of nitrogens with two attached hydrogens (primary N) is 1. The second kappa shape index (κ2) is 7.55. The molecule has 4 nitrogen and oxygen atoms in total. The van der Waals surface area contributed by atoms with Crippen LogP contribution in [-0.2, 0) is 0 Å². The number of benzene rings is 1. The summed E-state index contributed by atoms with van der Waals surface area (Å²) in [5, 5.41) is 0. The molecule has 1 atom stereocenters. The lowest BCUT2D eigenvalue weighted by Gasteiger charge is -2.28. The summed E-state index contributed by atoms with van der Waals surface area (Å²) in [6.45, 7) is 2.72. The van der Waals surface area contributed by atoms with Crippen molar-refractivity contribution in [3.63, 3.8) is 0 Å². The minimum absolute atomic E-state index is 0.272. The average molecular weight is 292 g/mol. The summed E-state index contributed by atoms with van der Waals surface area (Å²) in [5.74, 6) is 2.98. The van der Waals surface area contributed by atoms with Gasteiger partial charge in [-0.05, 0) is 19.7 Å². The molecule has 2 N–H and O–H groups in total. The molecule has 0 spiro atoms. The molecule has 1 fully saturated rings. The maximum Gasteiger partial charge on any atom is 0.191 e. The fraction of sp³-hybridized carbons (Fsp3) is 0.533. The number of rotatable bonds is 4. The Morgan fingerprint density at radius 2 is 1.95 bits per heavy atom. The van der Waals surface area contributed by atoms with E-state index in [-0.39, 0.29) is 6.04 Å². The second-order valence-electron chi connectivity index (χ2n) is 5.19. The predicted octanol–water partition coefficient (Wildman–Crippen LogP) is 1.65. The first-order valence-corrected chi connectivity index (χ1v) is 8.18. The molecule has 5 heteroatoms. The normalized spacial score (nSPS) is 18.4. The minimum Gasteiger partial charge on any atom is -0.370 e. The molecule has 0 bridgehead atoms. The highest BCUT2D eigenvalue weighted by atomic mass is 32.2. The van der Waals surface area contributed by atoms with E-state index < -0.39 is 0 Å². The van der Waals surface area contributed by atoms with Crippen LogP contribution in [0.5, 0.6) is 0 Å². The fourth-order valence-corrected chi connectivity index (χ4v) is 3.22. The Hall–Kier alpha value is -1.20. The zero-order valence-corrected chi connectivity index (χ0v) is 13.1. The van der Waals surface area contributed by atoms with Crippen molar-refractivity contribution in [2.75, 3.05) is 45.2 Å². The van der Waals surface area contributed by atoms with Gasteiger partial charge in [0.25, 0.3) is 0 Å². The van der Waals surface area contributed by atoms with Crippen LogP contribution in [0.2, 0.25) is 0 Å². The smallest absolute Gasteiger partial charge is 0.191 e. The molecule has 0 aromatic heterocycles. The molecule has 1 aliphatic rings. The van der Waals surface area contributed by atoms with Crippen LogP contribution in [0.3, 0.4) is 0 Å². The number of hydrogen-bond acceptors (Lipinski definition) is 3. The third kappa shape index (κ3) is 4.15. The number of aliphatic imine (C=N–C) groups is 1. The molecule has 1 unspecified atom stereocenters. The molecule has 1 saturated heterocycles. The van der Waals surface area contributed by atoms with Gasteiger partial charge in [0, 0.05) is 24.6 Å². The maximum absolute atomic E-state index is 6.12. The Kier molecular flexibility index (Phi) is 5.73. The zero-order valence-electron chi connectivity index (χ0n) is 12.3. The van der Waals surface area contributed by atoms with E-state index in [1.165, 1.54) is 5.56 Å². The van der Waals surface area contributed by atoms with Gasteiger partial charge in [0.1, 0.15) is 0 Å². The zero-order chi connectivity index (χ0) is 14.4. The van der Waals surface area contributed by atoms with Gasteiger partial charge in [-0.2, -0.15) is 11.8 Å². The summed E-state index contributed by atoms with van der Waals surface area (Å²) in [6, 6.07) is 10.7. The van der Waals surface area contributed by atoms with Gasteiger partial charge in [0.05, 0.1) is 12.6 Å². The Morgan fingerprint density at radius 3 is 2.55 bits per heavy atom. The van der Waals surface area contributed by atoms with Crippen molar-refractivity contribution >= 4 is 17.7 Å². The van der Waals surface area contributed by atoms with E-state index in [1.807, 2.05) is 17.8 Å². The van der Waals surface area contributed by atoms with E-state index in [1.54, 1.807) is 0 Å². The van der Waals surface area contributed by atoms with Crippen LogP contribution in [0, 0.1) is 0 Å². The number of nitrogens with zero attached hydrogens (tertiary/aromatic N) is 3. The highest BCUT2D eigenvalue weighted by Gasteiger charge is 2.15. The molecule has 110 valence electrons. The van der Waals surface area contributed by atoms with Crippen LogP contribution in [-0.4, -0.2) is 61.0 Å². The Balaban J connectivity index is 2.01. The molecule has 0 aliphatic carbocycles. The molecule has 1 aliphatic heterocycles. The van der Waals surface area contributed by atoms with E-state index in [9.17, 15) is 0 Å². The molecule has 1 aromatic rings. The lowest BCUT2D eigenvalue weighted by molar-refractivity contribution is 0.305. The predicted molar refractivity (Wildman–Crippen MR) is 88.3 cm³/mol. The van der Waals surface area contributed by atoms with Crippen molar-refractivity contribution in [2.24, 2.45) is 10.7 Å². The van der Waals surface area contributed by atoms with E-state index in [2.05, 4.69) is 53.2 Å². The van der Waals surface area contributed by atoms with Crippen molar-refractivity contribution in [3.05, 3.63) is 35.9 Å². The van der Waals surface area contributed by atoms with Gasteiger partial charge in [0.15, 0.2) is 5.96 Å². The number of hydrogen-bond donors (Lipinski definition) is 1. The SMILES string of the molecule is CN(C)C(CN=C(N)N1CCSCC1)c1ccccc1. The first-order chi connectivity index (χ1) is 9.68. The summed E-state index contributed by atoms with van der Waals surface area (Å²) >= 11 is 1.98. The van der Waals surface area contributed by atoms with E-state index in [0.717, 1.165) is 24.6 Å². The molecule has 20 heavy (non-hydrogen) atoms. The van der Waals surface area contributed by atoms with Crippen molar-refractivity contribution in [1.82, 2.24) is 9.80 Å². The lowest BCUT2D eigenvalue weighted by Crippen LogP contribution is -2.43. The van der Waals surface area contributed by atoms with Crippen LogP contribution in [0.1, 0.15) is 11.6 Å². The number of thioether (sulfide) groups is 1. The molecule has 0 saturated carbocycles. The van der Waals surface area contributed by atoms with Crippen molar-refractivity contribution < 1.29 is 0 Å². The van der Waals surface area contributed by atoms with Crippen LogP contribution in [0.4, 0.5) is 0 Å². The molecule has 2 rings (SSSR count). The monoisotopic (exact) mass is 292 g/mol. The number of likely N-dealkylation sites (N-methyl/N-ethyl adjacent to an activating group) is 1. The molecule has 1 aromatic carbocycles. The molecular weight excluding hydrogens is 268 g/mol.